The summed E-state index contributed by atoms with van der Waals surface area (Å²) in [5.74, 6) is -0.850. The topological polar surface area (TPSA) is 77.8 Å². The number of nitrogens with zero attached hydrogens (tertiary/aromatic N) is 2. The second kappa shape index (κ2) is 11.6. The van der Waals surface area contributed by atoms with E-state index in [9.17, 15) is 14.4 Å². The molecule has 0 saturated heterocycles. The van der Waals surface area contributed by atoms with Crippen molar-refractivity contribution in [2.75, 3.05) is 26.9 Å². The molecular formula is C25H34N2O5. The van der Waals surface area contributed by atoms with Crippen molar-refractivity contribution in [3.63, 3.8) is 0 Å². The van der Waals surface area contributed by atoms with Crippen molar-refractivity contribution >= 4 is 17.7 Å². The third-order valence-corrected chi connectivity index (χ3v) is 5.67. The number of aromatic nitrogens is 1. The molecule has 0 bridgehead atoms. The number of hydrogen-bond acceptors (Lipinski definition) is 5. The van der Waals surface area contributed by atoms with Crippen molar-refractivity contribution in [1.29, 1.82) is 0 Å². The maximum Gasteiger partial charge on any atom is 0.355 e. The molecule has 1 aromatic carbocycles. The fourth-order valence-corrected chi connectivity index (χ4v) is 4.06. The minimum Gasteiger partial charge on any atom is -0.461 e. The third-order valence-electron chi connectivity index (χ3n) is 5.67. The Bertz CT molecular complexity index is 949. The fourth-order valence-electron chi connectivity index (χ4n) is 4.06. The molecule has 2 rings (SSSR count). The van der Waals surface area contributed by atoms with Crippen LogP contribution in [0.3, 0.4) is 0 Å². The molecule has 32 heavy (non-hydrogen) atoms. The first-order valence-corrected chi connectivity index (χ1v) is 11.1. The molecule has 1 heterocycles. The third kappa shape index (κ3) is 5.27. The first-order chi connectivity index (χ1) is 15.3. The van der Waals surface area contributed by atoms with Crippen LogP contribution in [0.25, 0.3) is 0 Å². The molecule has 1 aromatic heterocycles. The summed E-state index contributed by atoms with van der Waals surface area (Å²) in [6.45, 7) is 10.6. The van der Waals surface area contributed by atoms with Gasteiger partial charge >= 0.3 is 5.97 Å². The number of carbonyl (C=O) groups excluding carboxylic acids is 3. The summed E-state index contributed by atoms with van der Waals surface area (Å²) >= 11 is 0. The van der Waals surface area contributed by atoms with E-state index in [0.717, 1.165) is 0 Å². The highest BCUT2D eigenvalue weighted by Crippen LogP contribution is 2.26. The van der Waals surface area contributed by atoms with E-state index in [4.69, 9.17) is 9.47 Å². The molecule has 0 radical (unpaired) electrons. The molecule has 1 amide bonds. The van der Waals surface area contributed by atoms with E-state index in [0.29, 0.717) is 54.2 Å². The van der Waals surface area contributed by atoms with Gasteiger partial charge in [-0.1, -0.05) is 18.2 Å². The van der Waals surface area contributed by atoms with Gasteiger partial charge in [0.1, 0.15) is 5.69 Å². The number of rotatable bonds is 11. The Hall–Kier alpha value is -2.93. The Balaban J connectivity index is 2.46. The second-order valence-corrected chi connectivity index (χ2v) is 7.65. The summed E-state index contributed by atoms with van der Waals surface area (Å²) in [5.41, 5.74) is 2.68. The average Bonchev–Trinajstić information content (AvgIpc) is 3.05. The summed E-state index contributed by atoms with van der Waals surface area (Å²) in [5, 5.41) is 0. The normalized spacial score (nSPS) is 11.8. The highest BCUT2D eigenvalue weighted by atomic mass is 16.5. The van der Waals surface area contributed by atoms with Crippen LogP contribution in [0.5, 0.6) is 0 Å². The van der Waals surface area contributed by atoms with E-state index in [1.807, 2.05) is 24.5 Å². The van der Waals surface area contributed by atoms with Crippen molar-refractivity contribution in [2.45, 2.75) is 53.6 Å². The number of ether oxygens (including phenoxy) is 2. The van der Waals surface area contributed by atoms with Crippen molar-refractivity contribution in [1.82, 2.24) is 9.47 Å². The van der Waals surface area contributed by atoms with Crippen molar-refractivity contribution in [2.24, 2.45) is 0 Å². The van der Waals surface area contributed by atoms with E-state index in [-0.39, 0.29) is 18.3 Å². The smallest absolute Gasteiger partial charge is 0.355 e. The average molecular weight is 443 g/mol. The van der Waals surface area contributed by atoms with Crippen molar-refractivity contribution < 1.29 is 23.9 Å². The standard InChI is InChI=1S/C25H34N2O5/c1-7-26-18(4)21(17(3)22(26)25(30)32-8-2)23(28)19(5)27(15-12-16-31-6)24(29)20-13-10-9-11-14-20/h9-11,13-14,19H,7-8,12,15-16H2,1-6H3. The molecule has 7 heteroatoms. The summed E-state index contributed by atoms with van der Waals surface area (Å²) in [6, 6.07) is 8.22. The van der Waals surface area contributed by atoms with Gasteiger partial charge in [0.2, 0.25) is 0 Å². The van der Waals surface area contributed by atoms with Gasteiger partial charge in [0.15, 0.2) is 5.78 Å². The summed E-state index contributed by atoms with van der Waals surface area (Å²) in [4.78, 5) is 41.1. The van der Waals surface area contributed by atoms with Crippen LogP contribution in [-0.2, 0) is 16.0 Å². The van der Waals surface area contributed by atoms with Crippen LogP contribution in [0.2, 0.25) is 0 Å². The minimum atomic E-state index is -0.709. The van der Waals surface area contributed by atoms with Crippen LogP contribution in [0.1, 0.15) is 69.7 Å². The largest absolute Gasteiger partial charge is 0.461 e. The van der Waals surface area contributed by atoms with E-state index in [1.54, 1.807) is 57.0 Å². The predicted octanol–water partition coefficient (Wildman–Crippen LogP) is 4.05. The molecule has 0 saturated carbocycles. The van der Waals surface area contributed by atoms with Crippen LogP contribution in [0.4, 0.5) is 0 Å². The molecule has 0 aliphatic heterocycles. The molecule has 0 N–H and O–H groups in total. The highest BCUT2D eigenvalue weighted by molar-refractivity contribution is 6.07. The Morgan fingerprint density at radius 1 is 1.09 bits per heavy atom. The Morgan fingerprint density at radius 2 is 1.75 bits per heavy atom. The number of benzene rings is 1. The number of carbonyl (C=O) groups is 3. The molecule has 0 fully saturated rings. The van der Waals surface area contributed by atoms with E-state index >= 15 is 0 Å². The molecule has 2 aromatic rings. The lowest BCUT2D eigenvalue weighted by atomic mass is 9.99. The van der Waals surface area contributed by atoms with Crippen LogP contribution in [0, 0.1) is 13.8 Å². The number of hydrogen-bond donors (Lipinski definition) is 0. The zero-order valence-electron chi connectivity index (χ0n) is 19.9. The zero-order chi connectivity index (χ0) is 23.8. The number of methoxy groups -OCH3 is 1. The fraction of sp³-hybridized carbons (Fsp3) is 0.480. The Labute approximate surface area is 190 Å². The first kappa shape index (κ1) is 25.3. The van der Waals surface area contributed by atoms with E-state index in [2.05, 4.69) is 0 Å². The lowest BCUT2D eigenvalue weighted by molar-refractivity contribution is 0.0512. The van der Waals surface area contributed by atoms with Crippen molar-refractivity contribution in [3.8, 4) is 0 Å². The molecule has 0 aliphatic rings. The van der Waals surface area contributed by atoms with Crippen molar-refractivity contribution in [3.05, 3.63) is 58.4 Å². The van der Waals surface area contributed by atoms with Gasteiger partial charge in [0.25, 0.3) is 5.91 Å². The number of esters is 1. The molecule has 7 nitrogen and oxygen atoms in total. The number of ketones is 1. The second-order valence-electron chi connectivity index (χ2n) is 7.65. The molecule has 1 unspecified atom stereocenters. The number of Topliss-reactive ketones (excluding diaryl/α,β-unsaturated/α-hetero) is 1. The highest BCUT2D eigenvalue weighted by Gasteiger charge is 2.33. The van der Waals surface area contributed by atoms with Gasteiger partial charge in [-0.25, -0.2) is 4.79 Å². The maximum atomic E-state index is 13.7. The summed E-state index contributed by atoms with van der Waals surface area (Å²) in [6.07, 6.45) is 0.606. The van der Waals surface area contributed by atoms with Gasteiger partial charge in [-0.15, -0.1) is 0 Å². The van der Waals surface area contributed by atoms with Gasteiger partial charge in [0.05, 0.1) is 12.6 Å². The maximum absolute atomic E-state index is 13.7. The quantitative estimate of drug-likeness (QED) is 0.298. The molecule has 1 atom stereocenters. The predicted molar refractivity (Wildman–Crippen MR) is 123 cm³/mol. The lowest BCUT2D eigenvalue weighted by Gasteiger charge is -2.29. The summed E-state index contributed by atoms with van der Waals surface area (Å²) < 4.78 is 12.2. The summed E-state index contributed by atoms with van der Waals surface area (Å²) in [7, 11) is 1.61. The van der Waals surface area contributed by atoms with Gasteiger partial charge in [-0.2, -0.15) is 0 Å². The molecule has 0 spiro atoms. The lowest BCUT2D eigenvalue weighted by Crippen LogP contribution is -2.44. The Morgan fingerprint density at radius 3 is 2.31 bits per heavy atom. The monoisotopic (exact) mass is 442 g/mol. The SMILES string of the molecule is CCOC(=O)c1c(C)c(C(=O)C(C)N(CCCOC)C(=O)c2ccccc2)c(C)n1CC. The van der Waals surface area contributed by atoms with E-state index in [1.165, 1.54) is 0 Å². The van der Waals surface area contributed by atoms with E-state index < -0.39 is 12.0 Å². The first-order valence-electron chi connectivity index (χ1n) is 11.1. The Kier molecular flexibility index (Phi) is 9.20. The van der Waals surface area contributed by atoms with Crippen LogP contribution in [0.15, 0.2) is 30.3 Å². The molecule has 0 aliphatic carbocycles. The van der Waals surface area contributed by atoms with Gasteiger partial charge < -0.3 is 18.9 Å². The molecular weight excluding hydrogens is 408 g/mol. The molecule has 174 valence electrons. The van der Waals surface area contributed by atoms with Crippen LogP contribution >= 0.6 is 0 Å². The van der Waals surface area contributed by atoms with Gasteiger partial charge in [-0.05, 0) is 58.7 Å². The van der Waals surface area contributed by atoms with Gasteiger partial charge in [-0.3, -0.25) is 9.59 Å². The zero-order valence-corrected chi connectivity index (χ0v) is 19.9. The van der Waals surface area contributed by atoms with Crippen LogP contribution in [-0.4, -0.2) is 60.0 Å². The van der Waals surface area contributed by atoms with Gasteiger partial charge in [0, 0.05) is 43.6 Å². The number of amides is 1. The van der Waals surface area contributed by atoms with Crippen LogP contribution < -0.4 is 0 Å². The minimum absolute atomic E-state index is 0.195.